The first-order valence-corrected chi connectivity index (χ1v) is 7.71. The van der Waals surface area contributed by atoms with Gasteiger partial charge < -0.3 is 4.90 Å². The maximum Gasteiger partial charge on any atom is 0.149 e. The highest BCUT2D eigenvalue weighted by Crippen LogP contribution is 2.35. The minimum absolute atomic E-state index is 0.253. The molecule has 0 fully saturated rings. The van der Waals surface area contributed by atoms with Crippen LogP contribution in [0, 0.1) is 5.82 Å². The average Bonchev–Trinajstić information content (AvgIpc) is 2.89. The molecule has 2 aliphatic heterocycles. The smallest absolute Gasteiger partial charge is 0.149 e. The van der Waals surface area contributed by atoms with Gasteiger partial charge in [-0.25, -0.2) is 14.4 Å². The van der Waals surface area contributed by atoms with Crippen molar-refractivity contribution in [2.24, 2.45) is 4.99 Å². The molecule has 0 amide bonds. The number of halogens is 3. The van der Waals surface area contributed by atoms with Gasteiger partial charge >= 0.3 is 0 Å². The molecule has 0 spiro atoms. The van der Waals surface area contributed by atoms with Crippen molar-refractivity contribution >= 4 is 35.0 Å². The van der Waals surface area contributed by atoms with Gasteiger partial charge in [0, 0.05) is 24.0 Å². The Labute approximate surface area is 141 Å². The van der Waals surface area contributed by atoms with Crippen LogP contribution in [0.15, 0.2) is 58.6 Å². The number of benzene rings is 1. The number of rotatable bonds is 1. The Hall–Kier alpha value is -2.17. The SMILES string of the molecule is Fc1ccc(C2=CN3C=c4cc(Cl)ncc4=NC(Cl)=C3C2)cc1. The number of aromatic nitrogens is 1. The van der Waals surface area contributed by atoms with Crippen molar-refractivity contribution in [3.8, 4) is 0 Å². The predicted molar refractivity (Wildman–Crippen MR) is 88.2 cm³/mol. The second-order valence-electron chi connectivity index (χ2n) is 5.29. The molecule has 3 heterocycles. The van der Waals surface area contributed by atoms with Crippen molar-refractivity contribution in [1.82, 2.24) is 9.88 Å². The number of nitrogens with zero attached hydrogens (tertiary/aromatic N) is 3. The Kier molecular flexibility index (Phi) is 3.43. The summed E-state index contributed by atoms with van der Waals surface area (Å²) in [5.74, 6) is -0.253. The van der Waals surface area contributed by atoms with E-state index in [1.807, 2.05) is 17.3 Å². The normalized spacial score (nSPS) is 16.1. The molecule has 2 aliphatic rings. The van der Waals surface area contributed by atoms with E-state index in [4.69, 9.17) is 23.2 Å². The highest BCUT2D eigenvalue weighted by atomic mass is 35.5. The molecule has 2 aromatic rings. The van der Waals surface area contributed by atoms with Crippen molar-refractivity contribution in [2.75, 3.05) is 0 Å². The Morgan fingerprint density at radius 1 is 1.09 bits per heavy atom. The largest absolute Gasteiger partial charge is 0.323 e. The Morgan fingerprint density at radius 3 is 2.65 bits per heavy atom. The lowest BCUT2D eigenvalue weighted by Crippen LogP contribution is -2.26. The lowest BCUT2D eigenvalue weighted by molar-refractivity contribution is 0.627. The van der Waals surface area contributed by atoms with E-state index in [2.05, 4.69) is 9.98 Å². The van der Waals surface area contributed by atoms with Gasteiger partial charge in [-0.3, -0.25) is 0 Å². The van der Waals surface area contributed by atoms with Crippen LogP contribution in [0.4, 0.5) is 4.39 Å². The van der Waals surface area contributed by atoms with Crippen LogP contribution in [-0.2, 0) is 0 Å². The molecule has 23 heavy (non-hydrogen) atoms. The first-order chi connectivity index (χ1) is 11.1. The van der Waals surface area contributed by atoms with Gasteiger partial charge in [-0.05, 0) is 29.3 Å². The van der Waals surface area contributed by atoms with E-state index in [0.29, 0.717) is 22.1 Å². The summed E-state index contributed by atoms with van der Waals surface area (Å²) in [6.45, 7) is 0. The van der Waals surface area contributed by atoms with Gasteiger partial charge in [0.15, 0.2) is 0 Å². The molecule has 0 saturated carbocycles. The summed E-state index contributed by atoms with van der Waals surface area (Å²) in [5, 5.41) is 2.34. The average molecular weight is 346 g/mol. The molecule has 3 nitrogen and oxygen atoms in total. The van der Waals surface area contributed by atoms with Gasteiger partial charge in [0.2, 0.25) is 0 Å². The van der Waals surface area contributed by atoms with Gasteiger partial charge in [0.1, 0.15) is 16.1 Å². The van der Waals surface area contributed by atoms with Crippen molar-refractivity contribution in [1.29, 1.82) is 0 Å². The summed E-state index contributed by atoms with van der Waals surface area (Å²) >= 11 is 12.3. The molecule has 0 saturated heterocycles. The molecule has 0 aliphatic carbocycles. The van der Waals surface area contributed by atoms with E-state index in [0.717, 1.165) is 22.1 Å². The molecule has 0 N–H and O–H groups in total. The van der Waals surface area contributed by atoms with Gasteiger partial charge in [-0.15, -0.1) is 0 Å². The Morgan fingerprint density at radius 2 is 1.87 bits per heavy atom. The van der Waals surface area contributed by atoms with E-state index in [-0.39, 0.29) is 5.82 Å². The van der Waals surface area contributed by atoms with Crippen molar-refractivity contribution in [2.45, 2.75) is 6.42 Å². The highest BCUT2D eigenvalue weighted by molar-refractivity contribution is 6.30. The standard InChI is InChI=1S/C17H10Cl2FN3/c18-16-6-12-9-23-8-11(10-1-3-13(20)4-2-10)5-15(23)17(19)22-14(12)7-21-16/h1-4,6-9H,5H2. The fourth-order valence-electron chi connectivity index (χ4n) is 2.65. The van der Waals surface area contributed by atoms with Crippen LogP contribution in [0.1, 0.15) is 12.0 Å². The molecular weight excluding hydrogens is 336 g/mol. The second kappa shape index (κ2) is 5.48. The molecule has 0 bridgehead atoms. The lowest BCUT2D eigenvalue weighted by atomic mass is 10.0. The molecular formula is C17H10Cl2FN3. The Bertz CT molecular complexity index is 978. The summed E-state index contributed by atoms with van der Waals surface area (Å²) in [4.78, 5) is 10.4. The van der Waals surface area contributed by atoms with Crippen LogP contribution in [0.25, 0.3) is 11.8 Å². The van der Waals surface area contributed by atoms with Crippen LogP contribution in [0.2, 0.25) is 5.15 Å². The zero-order valence-corrected chi connectivity index (χ0v) is 13.3. The molecule has 4 rings (SSSR count). The minimum Gasteiger partial charge on any atom is -0.323 e. The molecule has 0 radical (unpaired) electrons. The third-order valence-electron chi connectivity index (χ3n) is 3.79. The predicted octanol–water partition coefficient (Wildman–Crippen LogP) is 3.40. The van der Waals surface area contributed by atoms with Crippen LogP contribution in [0.5, 0.6) is 0 Å². The molecule has 6 heteroatoms. The number of hydrogen-bond donors (Lipinski definition) is 0. The number of pyridine rings is 1. The van der Waals surface area contributed by atoms with Crippen LogP contribution in [0.3, 0.4) is 0 Å². The number of fused-ring (bicyclic) bond motifs is 2. The van der Waals surface area contributed by atoms with E-state index in [1.165, 1.54) is 12.1 Å². The van der Waals surface area contributed by atoms with E-state index < -0.39 is 0 Å². The minimum atomic E-state index is -0.253. The summed E-state index contributed by atoms with van der Waals surface area (Å²) in [6, 6.07) is 8.16. The molecule has 0 atom stereocenters. The van der Waals surface area contributed by atoms with Gasteiger partial charge in [0.25, 0.3) is 0 Å². The topological polar surface area (TPSA) is 28.5 Å². The fraction of sp³-hybridized carbons (Fsp3) is 0.0588. The molecule has 114 valence electrons. The summed E-state index contributed by atoms with van der Waals surface area (Å²) in [6.07, 6.45) is 6.13. The maximum absolute atomic E-state index is 13.1. The number of allylic oxidation sites excluding steroid dienone is 1. The van der Waals surface area contributed by atoms with Gasteiger partial charge in [-0.2, -0.15) is 0 Å². The van der Waals surface area contributed by atoms with E-state index >= 15 is 0 Å². The fourth-order valence-corrected chi connectivity index (χ4v) is 3.07. The van der Waals surface area contributed by atoms with E-state index in [1.54, 1.807) is 24.4 Å². The van der Waals surface area contributed by atoms with Gasteiger partial charge in [-0.1, -0.05) is 35.3 Å². The quantitative estimate of drug-likeness (QED) is 0.585. The zero-order chi connectivity index (χ0) is 16.0. The third-order valence-corrected chi connectivity index (χ3v) is 4.30. The molecule has 0 unspecified atom stereocenters. The van der Waals surface area contributed by atoms with Crippen LogP contribution >= 0.6 is 23.2 Å². The van der Waals surface area contributed by atoms with Gasteiger partial charge in [0.05, 0.1) is 17.3 Å². The lowest BCUT2D eigenvalue weighted by Gasteiger charge is -2.11. The second-order valence-corrected chi connectivity index (χ2v) is 6.03. The first kappa shape index (κ1) is 14.4. The molecule has 1 aromatic heterocycles. The zero-order valence-electron chi connectivity index (χ0n) is 11.8. The first-order valence-electron chi connectivity index (χ1n) is 6.96. The van der Waals surface area contributed by atoms with Crippen molar-refractivity contribution in [3.63, 3.8) is 0 Å². The van der Waals surface area contributed by atoms with Crippen LogP contribution < -0.4 is 10.6 Å². The van der Waals surface area contributed by atoms with E-state index in [9.17, 15) is 4.39 Å². The van der Waals surface area contributed by atoms with Crippen molar-refractivity contribution in [3.05, 3.63) is 80.7 Å². The van der Waals surface area contributed by atoms with Crippen molar-refractivity contribution < 1.29 is 4.39 Å². The van der Waals surface area contributed by atoms with Crippen LogP contribution in [-0.4, -0.2) is 9.88 Å². The maximum atomic E-state index is 13.1. The third kappa shape index (κ3) is 2.64. The molecule has 1 aromatic carbocycles. The Balaban J connectivity index is 1.83. The highest BCUT2D eigenvalue weighted by Gasteiger charge is 2.22. The summed E-state index contributed by atoms with van der Waals surface area (Å²) in [5.41, 5.74) is 2.88. The number of hydrogen-bond acceptors (Lipinski definition) is 3. The summed E-state index contributed by atoms with van der Waals surface area (Å²) in [7, 11) is 0. The summed E-state index contributed by atoms with van der Waals surface area (Å²) < 4.78 is 13.1. The monoisotopic (exact) mass is 345 g/mol.